The highest BCUT2D eigenvalue weighted by Crippen LogP contribution is 2.47. The summed E-state index contributed by atoms with van der Waals surface area (Å²) in [5, 5.41) is 4.55. The van der Waals surface area contributed by atoms with Gasteiger partial charge in [0, 0.05) is 18.7 Å². The number of aromatic nitrogens is 2. The van der Waals surface area contributed by atoms with Crippen molar-refractivity contribution in [2.45, 2.75) is 37.8 Å². The summed E-state index contributed by atoms with van der Waals surface area (Å²) < 4.78 is 12.3. The first-order valence-corrected chi connectivity index (χ1v) is 6.54. The quantitative estimate of drug-likeness (QED) is 0.768. The second-order valence-electron chi connectivity index (χ2n) is 5.01. The van der Waals surface area contributed by atoms with Crippen molar-refractivity contribution in [1.82, 2.24) is 9.78 Å². The smallest absolute Gasteiger partial charge is 0.309 e. The van der Waals surface area contributed by atoms with Crippen molar-refractivity contribution in [2.24, 2.45) is 5.92 Å². The Balaban J connectivity index is 1.65. The third-order valence-corrected chi connectivity index (χ3v) is 3.75. The summed E-state index contributed by atoms with van der Waals surface area (Å²) in [5.74, 6) is 0.122. The van der Waals surface area contributed by atoms with Gasteiger partial charge in [0.05, 0.1) is 18.7 Å². The van der Waals surface area contributed by atoms with Crippen molar-refractivity contribution in [3.8, 4) is 0 Å². The van der Waals surface area contributed by atoms with Crippen LogP contribution in [-0.4, -0.2) is 29.5 Å². The first-order chi connectivity index (χ1) is 8.79. The highest BCUT2D eigenvalue weighted by Gasteiger charge is 2.46. The highest BCUT2D eigenvalue weighted by molar-refractivity contribution is 5.77. The van der Waals surface area contributed by atoms with Crippen LogP contribution in [0.3, 0.4) is 0 Å². The van der Waals surface area contributed by atoms with Crippen LogP contribution in [0.15, 0.2) is 12.3 Å². The molecule has 1 aliphatic heterocycles. The maximum Gasteiger partial charge on any atom is 0.309 e. The van der Waals surface area contributed by atoms with Gasteiger partial charge in [0.1, 0.15) is 6.23 Å². The maximum absolute atomic E-state index is 11.4. The Bertz CT molecular complexity index is 437. The number of hydrogen-bond donors (Lipinski definition) is 0. The standard InChI is InChI=1S/C13H18N2O3/c1-17-13(16)10-8-9(10)11-5-6-15(14-11)12-4-2-3-7-18-12/h5-6,9-10,12H,2-4,7-8H2,1H3/t9-,10-,12?/m1/s1. The zero-order valence-electron chi connectivity index (χ0n) is 10.5. The van der Waals surface area contributed by atoms with E-state index in [2.05, 4.69) is 5.10 Å². The van der Waals surface area contributed by atoms with Crippen LogP contribution in [0.5, 0.6) is 0 Å². The van der Waals surface area contributed by atoms with Gasteiger partial charge in [-0.25, -0.2) is 4.68 Å². The predicted octanol–water partition coefficient (Wildman–Crippen LogP) is 1.86. The molecule has 1 saturated heterocycles. The molecule has 98 valence electrons. The monoisotopic (exact) mass is 250 g/mol. The minimum Gasteiger partial charge on any atom is -0.469 e. The van der Waals surface area contributed by atoms with Crippen LogP contribution in [0.25, 0.3) is 0 Å². The third kappa shape index (κ3) is 2.14. The molecule has 0 N–H and O–H groups in total. The van der Waals surface area contributed by atoms with Gasteiger partial charge >= 0.3 is 5.97 Å². The molecule has 0 bridgehead atoms. The van der Waals surface area contributed by atoms with E-state index in [1.165, 1.54) is 13.5 Å². The Labute approximate surface area is 106 Å². The number of carbonyl (C=O) groups is 1. The van der Waals surface area contributed by atoms with Crippen LogP contribution < -0.4 is 0 Å². The Morgan fingerprint density at radius 2 is 2.44 bits per heavy atom. The van der Waals surface area contributed by atoms with E-state index in [0.717, 1.165) is 31.6 Å². The van der Waals surface area contributed by atoms with Gasteiger partial charge in [0.2, 0.25) is 0 Å². The first kappa shape index (κ1) is 11.7. The van der Waals surface area contributed by atoms with E-state index in [4.69, 9.17) is 9.47 Å². The normalized spacial score (nSPS) is 31.1. The Morgan fingerprint density at radius 3 is 3.17 bits per heavy atom. The number of hydrogen-bond acceptors (Lipinski definition) is 4. The van der Waals surface area contributed by atoms with E-state index < -0.39 is 0 Å². The number of ether oxygens (including phenoxy) is 2. The van der Waals surface area contributed by atoms with Gasteiger partial charge in [-0.2, -0.15) is 5.10 Å². The molecule has 1 aromatic rings. The molecule has 1 aromatic heterocycles. The van der Waals surface area contributed by atoms with Gasteiger partial charge in [0.15, 0.2) is 0 Å². The molecule has 0 aromatic carbocycles. The minimum absolute atomic E-state index is 0.00521. The largest absolute Gasteiger partial charge is 0.469 e. The number of esters is 1. The molecule has 2 fully saturated rings. The van der Waals surface area contributed by atoms with E-state index >= 15 is 0 Å². The van der Waals surface area contributed by atoms with Gasteiger partial charge in [-0.3, -0.25) is 4.79 Å². The fourth-order valence-corrected chi connectivity index (χ4v) is 2.58. The summed E-state index contributed by atoms with van der Waals surface area (Å²) in [6.45, 7) is 0.814. The first-order valence-electron chi connectivity index (χ1n) is 6.54. The summed E-state index contributed by atoms with van der Waals surface area (Å²) in [7, 11) is 1.44. The number of carbonyl (C=O) groups excluding carboxylic acids is 1. The number of rotatable bonds is 3. The average Bonchev–Trinajstić information content (AvgIpc) is 3.08. The van der Waals surface area contributed by atoms with Gasteiger partial charge in [0.25, 0.3) is 0 Å². The van der Waals surface area contributed by atoms with E-state index in [0.29, 0.717) is 0 Å². The second-order valence-corrected chi connectivity index (χ2v) is 5.01. The molecule has 1 unspecified atom stereocenters. The lowest BCUT2D eigenvalue weighted by Crippen LogP contribution is -2.18. The van der Waals surface area contributed by atoms with Gasteiger partial charge in [-0.1, -0.05) is 0 Å². The maximum atomic E-state index is 11.4. The number of nitrogens with zero attached hydrogens (tertiary/aromatic N) is 2. The van der Waals surface area contributed by atoms with Crippen molar-refractivity contribution in [3.05, 3.63) is 18.0 Å². The lowest BCUT2D eigenvalue weighted by atomic mass is 10.2. The molecule has 18 heavy (non-hydrogen) atoms. The van der Waals surface area contributed by atoms with Crippen molar-refractivity contribution in [2.75, 3.05) is 13.7 Å². The molecule has 5 heteroatoms. The van der Waals surface area contributed by atoms with Gasteiger partial charge in [-0.15, -0.1) is 0 Å². The zero-order chi connectivity index (χ0) is 12.5. The molecule has 3 rings (SSSR count). The molecule has 1 saturated carbocycles. The predicted molar refractivity (Wildman–Crippen MR) is 63.9 cm³/mol. The molecule has 1 aliphatic carbocycles. The topological polar surface area (TPSA) is 53.4 Å². The summed E-state index contributed by atoms with van der Waals surface area (Å²) >= 11 is 0. The van der Waals surface area contributed by atoms with Crippen LogP contribution in [-0.2, 0) is 14.3 Å². The van der Waals surface area contributed by atoms with Crippen LogP contribution in [0, 0.1) is 5.92 Å². The Kier molecular flexibility index (Phi) is 3.07. The van der Waals surface area contributed by atoms with Crippen molar-refractivity contribution in [1.29, 1.82) is 0 Å². The van der Waals surface area contributed by atoms with Crippen LogP contribution >= 0.6 is 0 Å². The molecular weight excluding hydrogens is 232 g/mol. The Morgan fingerprint density at radius 1 is 1.56 bits per heavy atom. The average molecular weight is 250 g/mol. The number of methoxy groups -OCH3 is 1. The molecule has 5 nitrogen and oxygen atoms in total. The molecule has 0 radical (unpaired) electrons. The highest BCUT2D eigenvalue weighted by atomic mass is 16.5. The summed E-state index contributed by atoms with van der Waals surface area (Å²) in [6, 6.07) is 1.99. The molecular formula is C13H18N2O3. The van der Waals surface area contributed by atoms with Crippen LogP contribution in [0.2, 0.25) is 0 Å². The second kappa shape index (κ2) is 4.72. The summed E-state index contributed by atoms with van der Waals surface area (Å²) in [5.41, 5.74) is 0.986. The third-order valence-electron chi connectivity index (χ3n) is 3.75. The fraction of sp³-hybridized carbons (Fsp3) is 0.692. The lowest BCUT2D eigenvalue weighted by Gasteiger charge is -2.22. The molecule has 0 amide bonds. The van der Waals surface area contributed by atoms with E-state index in [-0.39, 0.29) is 24.0 Å². The van der Waals surface area contributed by atoms with E-state index in [9.17, 15) is 4.79 Å². The van der Waals surface area contributed by atoms with Gasteiger partial charge in [-0.05, 0) is 31.7 Å². The Hall–Kier alpha value is -1.36. The SMILES string of the molecule is COC(=O)[C@@H]1C[C@H]1c1ccn(C2CCCCO2)n1. The fourth-order valence-electron chi connectivity index (χ4n) is 2.58. The van der Waals surface area contributed by atoms with E-state index in [1.807, 2.05) is 16.9 Å². The van der Waals surface area contributed by atoms with Crippen molar-refractivity contribution in [3.63, 3.8) is 0 Å². The zero-order valence-corrected chi connectivity index (χ0v) is 10.5. The minimum atomic E-state index is -0.122. The molecule has 2 aliphatic rings. The van der Waals surface area contributed by atoms with Crippen LogP contribution in [0.4, 0.5) is 0 Å². The van der Waals surface area contributed by atoms with Crippen LogP contribution in [0.1, 0.15) is 43.5 Å². The van der Waals surface area contributed by atoms with E-state index in [1.54, 1.807) is 0 Å². The molecule has 3 atom stereocenters. The molecule has 0 spiro atoms. The molecule has 2 heterocycles. The van der Waals surface area contributed by atoms with Crippen molar-refractivity contribution < 1.29 is 14.3 Å². The lowest BCUT2D eigenvalue weighted by molar-refractivity contribution is -0.142. The van der Waals surface area contributed by atoms with Gasteiger partial charge < -0.3 is 9.47 Å². The summed E-state index contributed by atoms with van der Waals surface area (Å²) in [4.78, 5) is 11.4. The summed E-state index contributed by atoms with van der Waals surface area (Å²) in [6.07, 6.45) is 6.23. The van der Waals surface area contributed by atoms with Crippen molar-refractivity contribution >= 4 is 5.97 Å².